The zero-order valence-corrected chi connectivity index (χ0v) is 29.1. The van der Waals surface area contributed by atoms with Crippen molar-refractivity contribution in [2.45, 2.75) is 42.3 Å². The molecule has 50 heavy (non-hydrogen) atoms. The summed E-state index contributed by atoms with van der Waals surface area (Å²) < 4.78 is 44.2. The van der Waals surface area contributed by atoms with Gasteiger partial charge in [0.25, 0.3) is 10.1 Å². The third-order valence-electron chi connectivity index (χ3n) is 8.84. The lowest BCUT2D eigenvalue weighted by atomic mass is 9.86. The van der Waals surface area contributed by atoms with Crippen LogP contribution in [0.2, 0.25) is 15.1 Å². The first-order valence-corrected chi connectivity index (χ1v) is 18.0. The number of aliphatic hydroxyl groups is 1. The molecule has 3 heterocycles. The fraction of sp³-hybridized carbons (Fsp3) is 0.229. The second-order valence-electron chi connectivity index (χ2n) is 12.4. The van der Waals surface area contributed by atoms with Crippen LogP contribution in [0, 0.1) is 0 Å². The number of β-amino-alcohol motifs (C(OH)–C–C–N with tert-alkyl or cyclic N) is 1. The van der Waals surface area contributed by atoms with Gasteiger partial charge in [-0.2, -0.15) is 8.42 Å². The molecule has 1 saturated carbocycles. The van der Waals surface area contributed by atoms with Crippen molar-refractivity contribution >= 4 is 56.7 Å². The second-order valence-corrected chi connectivity index (χ2v) is 15.0. The summed E-state index contributed by atoms with van der Waals surface area (Å²) in [6, 6.07) is 17.2. The molecule has 0 spiro atoms. The minimum atomic E-state index is -4.32. The van der Waals surface area contributed by atoms with E-state index in [0.29, 0.717) is 66.8 Å². The summed E-state index contributed by atoms with van der Waals surface area (Å²) in [7, 11) is -4.32. The predicted molar refractivity (Wildman–Crippen MR) is 186 cm³/mol. The smallest absolute Gasteiger partial charge is 0.335 e. The van der Waals surface area contributed by atoms with Gasteiger partial charge in [0, 0.05) is 23.2 Å². The average molecular weight is 757 g/mol. The maximum absolute atomic E-state index is 11.5. The van der Waals surface area contributed by atoms with Gasteiger partial charge in [-0.25, -0.2) is 9.78 Å². The lowest BCUT2D eigenvalue weighted by molar-refractivity contribution is 0.00711. The number of aromatic nitrogens is 2. The molecule has 1 saturated heterocycles. The highest BCUT2D eigenvalue weighted by molar-refractivity contribution is 7.85. The Bertz CT molecular complexity index is 2230. The number of pyridine rings is 1. The molecule has 7 rings (SSSR count). The quantitative estimate of drug-likeness (QED) is 0.115. The van der Waals surface area contributed by atoms with Crippen LogP contribution in [0.4, 0.5) is 5.82 Å². The number of hydrogen-bond acceptors (Lipinski definition) is 9. The summed E-state index contributed by atoms with van der Waals surface area (Å²) >= 11 is 20.3. The Kier molecular flexibility index (Phi) is 9.04. The average Bonchev–Trinajstić information content (AvgIpc) is 3.83. The highest BCUT2D eigenvalue weighted by atomic mass is 35.5. The van der Waals surface area contributed by atoms with Crippen molar-refractivity contribution in [3.05, 3.63) is 122 Å². The van der Waals surface area contributed by atoms with Gasteiger partial charge in [-0.1, -0.05) is 64.2 Å². The van der Waals surface area contributed by atoms with E-state index in [0.717, 1.165) is 18.4 Å². The molecule has 0 radical (unpaired) electrons. The number of aromatic carboxylic acids is 1. The summed E-state index contributed by atoms with van der Waals surface area (Å²) in [5.74, 6) is 0.702. The van der Waals surface area contributed by atoms with Crippen molar-refractivity contribution in [1.82, 2.24) is 10.1 Å². The summed E-state index contributed by atoms with van der Waals surface area (Å²) in [4.78, 5) is 17.1. The fourth-order valence-corrected chi connectivity index (χ4v) is 7.48. The van der Waals surface area contributed by atoms with Crippen molar-refractivity contribution < 1.29 is 37.2 Å². The van der Waals surface area contributed by atoms with E-state index in [9.17, 15) is 28.0 Å². The normalized spacial score (nSPS) is 15.5. The van der Waals surface area contributed by atoms with Crippen LogP contribution in [0.15, 0.2) is 82.3 Å². The third-order valence-corrected chi connectivity index (χ3v) is 10.8. The molecule has 258 valence electrons. The van der Waals surface area contributed by atoms with Gasteiger partial charge in [0.05, 0.1) is 44.2 Å². The number of rotatable bonds is 11. The van der Waals surface area contributed by atoms with Gasteiger partial charge in [-0.05, 0) is 72.9 Å². The van der Waals surface area contributed by atoms with Gasteiger partial charge in [0.2, 0.25) is 0 Å². The Hall–Kier alpha value is -4.17. The number of anilines is 1. The van der Waals surface area contributed by atoms with Crippen LogP contribution < -0.4 is 9.64 Å². The Morgan fingerprint density at radius 3 is 2.40 bits per heavy atom. The number of carboxylic acids is 1. The molecule has 3 aromatic carbocycles. The van der Waals surface area contributed by atoms with E-state index >= 15 is 0 Å². The van der Waals surface area contributed by atoms with E-state index < -0.39 is 21.7 Å². The van der Waals surface area contributed by atoms with Crippen LogP contribution in [0.5, 0.6) is 5.75 Å². The molecular formula is C35H28Cl3N3O8S. The van der Waals surface area contributed by atoms with Crippen LogP contribution in [0.3, 0.4) is 0 Å². The fourth-order valence-electron chi connectivity index (χ4n) is 6.03. The van der Waals surface area contributed by atoms with Gasteiger partial charge >= 0.3 is 5.97 Å². The highest BCUT2D eigenvalue weighted by Gasteiger charge is 2.45. The van der Waals surface area contributed by atoms with Gasteiger partial charge in [0.1, 0.15) is 35.2 Å². The highest BCUT2D eigenvalue weighted by Crippen LogP contribution is 2.47. The molecule has 2 fully saturated rings. The van der Waals surface area contributed by atoms with Crippen LogP contribution in [0.1, 0.15) is 57.1 Å². The molecule has 11 nitrogen and oxygen atoms in total. The first-order chi connectivity index (χ1) is 23.8. The van der Waals surface area contributed by atoms with Gasteiger partial charge in [-0.3, -0.25) is 4.55 Å². The van der Waals surface area contributed by atoms with Crippen molar-refractivity contribution in [3.8, 4) is 17.0 Å². The Balaban J connectivity index is 1.10. The summed E-state index contributed by atoms with van der Waals surface area (Å²) in [5, 5.41) is 26.0. The lowest BCUT2D eigenvalue weighted by Gasteiger charge is -2.47. The van der Waals surface area contributed by atoms with Crippen molar-refractivity contribution in [1.29, 1.82) is 0 Å². The molecule has 1 aliphatic carbocycles. The number of carboxylic acid groups (broad SMARTS) is 1. The largest absolute Gasteiger partial charge is 0.489 e. The predicted octanol–water partition coefficient (Wildman–Crippen LogP) is 7.40. The van der Waals surface area contributed by atoms with E-state index in [1.165, 1.54) is 30.5 Å². The van der Waals surface area contributed by atoms with Gasteiger partial charge in [-0.15, -0.1) is 0 Å². The van der Waals surface area contributed by atoms with E-state index in [1.807, 2.05) is 0 Å². The Morgan fingerprint density at radius 2 is 1.74 bits per heavy atom. The van der Waals surface area contributed by atoms with Crippen LogP contribution >= 0.6 is 34.8 Å². The zero-order chi connectivity index (χ0) is 35.4. The standard InChI is InChI=1S/C35H28Cl3N3O8S/c36-27-10-5-21(13-19-1-7-24(8-2-19)50(45,46)47)31(38)30(27)32-25(33(49-40-32)20-3-4-20)16-48-23-6-9-26(28(37)15-23)35(44)17-41(18-35)29-14-22(34(42)43)11-12-39-29/h1-2,5-12,14-15,20,44H,3-4,13,16-18H2,(H,42,43)(H,45,46,47). The van der Waals surface area contributed by atoms with Crippen molar-refractivity contribution in [3.63, 3.8) is 0 Å². The molecule has 0 bridgehead atoms. The second kappa shape index (κ2) is 13.2. The maximum Gasteiger partial charge on any atom is 0.335 e. The minimum absolute atomic E-state index is 0.0674. The Morgan fingerprint density at radius 1 is 1.00 bits per heavy atom. The van der Waals surface area contributed by atoms with E-state index in [-0.39, 0.29) is 36.1 Å². The van der Waals surface area contributed by atoms with Crippen molar-refractivity contribution in [2.24, 2.45) is 0 Å². The number of nitrogens with zero attached hydrogens (tertiary/aromatic N) is 3. The van der Waals surface area contributed by atoms with Crippen LogP contribution in [0.25, 0.3) is 11.3 Å². The molecule has 15 heteroatoms. The molecule has 5 aromatic rings. The molecule has 2 aliphatic rings. The molecule has 0 atom stereocenters. The van der Waals surface area contributed by atoms with E-state index in [1.54, 1.807) is 47.4 Å². The zero-order valence-electron chi connectivity index (χ0n) is 26.0. The molecule has 2 aromatic heterocycles. The number of hydrogen-bond donors (Lipinski definition) is 3. The summed E-state index contributed by atoms with van der Waals surface area (Å²) in [6.07, 6.45) is 3.65. The first kappa shape index (κ1) is 34.3. The number of carbonyl (C=O) groups is 1. The monoisotopic (exact) mass is 755 g/mol. The number of benzene rings is 3. The maximum atomic E-state index is 11.5. The van der Waals surface area contributed by atoms with Gasteiger partial charge in [0.15, 0.2) is 0 Å². The summed E-state index contributed by atoms with van der Waals surface area (Å²) in [6.45, 7) is 0.417. The first-order valence-electron chi connectivity index (χ1n) is 15.4. The van der Waals surface area contributed by atoms with Crippen LogP contribution in [-0.4, -0.2) is 52.4 Å². The van der Waals surface area contributed by atoms with Crippen molar-refractivity contribution in [2.75, 3.05) is 18.0 Å². The summed E-state index contributed by atoms with van der Waals surface area (Å²) in [5.41, 5.74) is 2.43. The lowest BCUT2D eigenvalue weighted by Crippen LogP contribution is -2.60. The number of halogens is 3. The molecule has 0 unspecified atom stereocenters. The van der Waals surface area contributed by atoms with Gasteiger partial charge < -0.3 is 24.4 Å². The number of ether oxygens (including phenoxy) is 1. The van der Waals surface area contributed by atoms with E-state index in [4.69, 9.17) is 44.1 Å². The minimum Gasteiger partial charge on any atom is -0.489 e. The topological polar surface area (TPSA) is 163 Å². The molecular weight excluding hydrogens is 729 g/mol. The third kappa shape index (κ3) is 6.79. The van der Waals surface area contributed by atoms with E-state index in [2.05, 4.69) is 10.1 Å². The molecule has 1 aliphatic heterocycles. The Labute approximate surface area is 301 Å². The van der Waals surface area contributed by atoms with Crippen LogP contribution in [-0.2, 0) is 28.7 Å². The molecule has 3 N–H and O–H groups in total. The SMILES string of the molecule is O=C(O)c1ccnc(N2CC(O)(c3ccc(OCc4c(-c5c(Cl)ccc(Cc6ccc(S(=O)(=O)O)cc6)c5Cl)noc4C4CC4)cc3Cl)C2)c1. The molecule has 0 amide bonds.